The number of ketones is 1. The van der Waals surface area contributed by atoms with Crippen LogP contribution in [0, 0.1) is 5.92 Å². The van der Waals surface area contributed by atoms with Gasteiger partial charge in [0.2, 0.25) is 0 Å². The number of benzene rings is 1. The second-order valence-electron chi connectivity index (χ2n) is 4.88. The van der Waals surface area contributed by atoms with E-state index in [-0.39, 0.29) is 0 Å². The molecule has 2 rings (SSSR count). The lowest BCUT2D eigenvalue weighted by Crippen LogP contribution is -2.09. The summed E-state index contributed by atoms with van der Waals surface area (Å²) in [5.41, 5.74) is 1.01. The van der Waals surface area contributed by atoms with E-state index in [1.807, 2.05) is 24.3 Å². The first-order valence-corrected chi connectivity index (χ1v) is 6.43. The molecule has 2 heteroatoms. The van der Waals surface area contributed by atoms with E-state index in [0.29, 0.717) is 18.1 Å². The van der Waals surface area contributed by atoms with Crippen LogP contribution in [0.1, 0.15) is 37.7 Å². The predicted molar refractivity (Wildman–Crippen MR) is 68.3 cm³/mol. The Labute approximate surface area is 103 Å². The standard InChI is InChI=1S/C15H20O2/c1-17-15-9-5-4-8-13(15)11-14(16)10-12-6-2-3-7-12/h4-5,8-9,12H,2-3,6-7,10-11H2,1H3. The van der Waals surface area contributed by atoms with Crippen LogP contribution in [-0.2, 0) is 11.2 Å². The summed E-state index contributed by atoms with van der Waals surface area (Å²) in [4.78, 5) is 12.0. The maximum absolute atomic E-state index is 12.0. The molecule has 0 spiro atoms. The quantitative estimate of drug-likeness (QED) is 0.778. The van der Waals surface area contributed by atoms with Gasteiger partial charge in [-0.05, 0) is 12.0 Å². The first kappa shape index (κ1) is 12.2. The van der Waals surface area contributed by atoms with E-state index in [2.05, 4.69) is 0 Å². The number of carbonyl (C=O) groups is 1. The van der Waals surface area contributed by atoms with Gasteiger partial charge in [0, 0.05) is 18.4 Å². The fraction of sp³-hybridized carbons (Fsp3) is 0.533. The molecular formula is C15H20O2. The van der Waals surface area contributed by atoms with E-state index in [1.165, 1.54) is 25.7 Å². The Bertz CT molecular complexity index is 378. The molecule has 0 amide bonds. The molecule has 1 saturated carbocycles. The van der Waals surface area contributed by atoms with E-state index in [4.69, 9.17) is 4.74 Å². The Hall–Kier alpha value is -1.31. The van der Waals surface area contributed by atoms with E-state index >= 15 is 0 Å². The van der Waals surface area contributed by atoms with Gasteiger partial charge in [0.05, 0.1) is 7.11 Å². The minimum atomic E-state index is 0.349. The van der Waals surface area contributed by atoms with Gasteiger partial charge >= 0.3 is 0 Å². The van der Waals surface area contributed by atoms with Gasteiger partial charge in [-0.2, -0.15) is 0 Å². The van der Waals surface area contributed by atoms with E-state index in [9.17, 15) is 4.79 Å². The Morgan fingerprint density at radius 2 is 2.00 bits per heavy atom. The number of hydrogen-bond donors (Lipinski definition) is 0. The highest BCUT2D eigenvalue weighted by molar-refractivity contribution is 5.81. The third-order valence-electron chi connectivity index (χ3n) is 3.57. The van der Waals surface area contributed by atoms with Crippen molar-refractivity contribution in [3.63, 3.8) is 0 Å². The van der Waals surface area contributed by atoms with Crippen LogP contribution < -0.4 is 4.74 Å². The van der Waals surface area contributed by atoms with Crippen molar-refractivity contribution >= 4 is 5.78 Å². The summed E-state index contributed by atoms with van der Waals surface area (Å²) in [6.07, 6.45) is 6.33. The zero-order valence-electron chi connectivity index (χ0n) is 10.4. The van der Waals surface area contributed by atoms with E-state index in [1.54, 1.807) is 7.11 Å². The van der Waals surface area contributed by atoms with Crippen LogP contribution in [0.5, 0.6) is 5.75 Å². The molecule has 1 aliphatic rings. The van der Waals surface area contributed by atoms with Gasteiger partial charge in [0.1, 0.15) is 11.5 Å². The van der Waals surface area contributed by atoms with Gasteiger partial charge in [-0.15, -0.1) is 0 Å². The lowest BCUT2D eigenvalue weighted by atomic mass is 9.97. The van der Waals surface area contributed by atoms with Crippen molar-refractivity contribution in [2.45, 2.75) is 38.5 Å². The third-order valence-corrected chi connectivity index (χ3v) is 3.57. The van der Waals surface area contributed by atoms with E-state index in [0.717, 1.165) is 17.7 Å². The van der Waals surface area contributed by atoms with Gasteiger partial charge in [0.25, 0.3) is 0 Å². The van der Waals surface area contributed by atoms with Crippen LogP contribution in [-0.4, -0.2) is 12.9 Å². The van der Waals surface area contributed by atoms with Gasteiger partial charge in [0.15, 0.2) is 0 Å². The lowest BCUT2D eigenvalue weighted by Gasteiger charge is -2.10. The lowest BCUT2D eigenvalue weighted by molar-refractivity contribution is -0.119. The second kappa shape index (κ2) is 5.85. The number of carbonyl (C=O) groups excluding carboxylic acids is 1. The average molecular weight is 232 g/mol. The summed E-state index contributed by atoms with van der Waals surface area (Å²) in [5, 5.41) is 0. The molecule has 0 bridgehead atoms. The molecule has 0 heterocycles. The number of methoxy groups -OCH3 is 1. The van der Waals surface area contributed by atoms with Crippen LogP contribution in [0.2, 0.25) is 0 Å². The molecule has 0 radical (unpaired) electrons. The smallest absolute Gasteiger partial charge is 0.137 e. The molecule has 1 fully saturated rings. The van der Waals surface area contributed by atoms with Crippen molar-refractivity contribution in [2.24, 2.45) is 5.92 Å². The zero-order chi connectivity index (χ0) is 12.1. The molecule has 1 aromatic rings. The van der Waals surface area contributed by atoms with Gasteiger partial charge in [-0.25, -0.2) is 0 Å². The fourth-order valence-corrected chi connectivity index (χ4v) is 2.67. The molecule has 0 N–H and O–H groups in total. The van der Waals surface area contributed by atoms with Crippen LogP contribution >= 0.6 is 0 Å². The van der Waals surface area contributed by atoms with Crippen LogP contribution in [0.4, 0.5) is 0 Å². The van der Waals surface area contributed by atoms with Crippen molar-refractivity contribution < 1.29 is 9.53 Å². The highest BCUT2D eigenvalue weighted by atomic mass is 16.5. The van der Waals surface area contributed by atoms with Crippen molar-refractivity contribution in [3.8, 4) is 5.75 Å². The first-order valence-electron chi connectivity index (χ1n) is 6.43. The zero-order valence-corrected chi connectivity index (χ0v) is 10.4. The molecule has 1 aromatic carbocycles. The monoisotopic (exact) mass is 232 g/mol. The molecule has 0 atom stereocenters. The molecular weight excluding hydrogens is 212 g/mol. The highest BCUT2D eigenvalue weighted by Crippen LogP contribution is 2.28. The maximum Gasteiger partial charge on any atom is 0.137 e. The third kappa shape index (κ3) is 3.32. The molecule has 1 aliphatic carbocycles. The van der Waals surface area contributed by atoms with Gasteiger partial charge < -0.3 is 4.74 Å². The second-order valence-corrected chi connectivity index (χ2v) is 4.88. The molecule has 0 aliphatic heterocycles. The largest absolute Gasteiger partial charge is 0.496 e. The van der Waals surface area contributed by atoms with E-state index < -0.39 is 0 Å². The number of hydrogen-bond acceptors (Lipinski definition) is 2. The minimum Gasteiger partial charge on any atom is -0.496 e. The molecule has 0 saturated heterocycles. The Balaban J connectivity index is 1.92. The van der Waals surface area contributed by atoms with Crippen LogP contribution in [0.15, 0.2) is 24.3 Å². The van der Waals surface area contributed by atoms with Gasteiger partial charge in [-0.1, -0.05) is 43.9 Å². The molecule has 0 aromatic heterocycles. The molecule has 0 unspecified atom stereocenters. The summed E-state index contributed by atoms with van der Waals surface area (Å²) in [7, 11) is 1.65. The summed E-state index contributed by atoms with van der Waals surface area (Å²) < 4.78 is 5.26. The topological polar surface area (TPSA) is 26.3 Å². The summed E-state index contributed by atoms with van der Waals surface area (Å²) >= 11 is 0. The minimum absolute atomic E-state index is 0.349. The van der Waals surface area contributed by atoms with Crippen LogP contribution in [0.25, 0.3) is 0 Å². The number of Topliss-reactive ketones (excluding diaryl/α,β-unsaturated/α-hetero) is 1. The van der Waals surface area contributed by atoms with Gasteiger partial charge in [-0.3, -0.25) is 4.79 Å². The number of ether oxygens (including phenoxy) is 1. The predicted octanol–water partition coefficient (Wildman–Crippen LogP) is 3.39. The summed E-state index contributed by atoms with van der Waals surface area (Å²) in [5.74, 6) is 1.81. The summed E-state index contributed by atoms with van der Waals surface area (Å²) in [6, 6.07) is 7.79. The Morgan fingerprint density at radius 3 is 2.71 bits per heavy atom. The number of rotatable bonds is 5. The maximum atomic E-state index is 12.0. The van der Waals surface area contributed by atoms with Crippen molar-refractivity contribution in [2.75, 3.05) is 7.11 Å². The average Bonchev–Trinajstić information content (AvgIpc) is 2.82. The SMILES string of the molecule is COc1ccccc1CC(=O)CC1CCCC1. The highest BCUT2D eigenvalue weighted by Gasteiger charge is 2.19. The van der Waals surface area contributed by atoms with Crippen molar-refractivity contribution in [1.29, 1.82) is 0 Å². The Morgan fingerprint density at radius 1 is 1.29 bits per heavy atom. The fourth-order valence-electron chi connectivity index (χ4n) is 2.67. The molecule has 2 nitrogen and oxygen atoms in total. The molecule has 17 heavy (non-hydrogen) atoms. The van der Waals surface area contributed by atoms with Crippen molar-refractivity contribution in [3.05, 3.63) is 29.8 Å². The Kier molecular flexibility index (Phi) is 4.18. The van der Waals surface area contributed by atoms with Crippen molar-refractivity contribution in [1.82, 2.24) is 0 Å². The van der Waals surface area contributed by atoms with Crippen LogP contribution in [0.3, 0.4) is 0 Å². The summed E-state index contributed by atoms with van der Waals surface area (Å²) in [6.45, 7) is 0. The number of para-hydroxylation sites is 1. The molecule has 92 valence electrons. The first-order chi connectivity index (χ1) is 8.29. The normalized spacial score (nSPS) is 16.1.